The fourth-order valence-electron chi connectivity index (χ4n) is 1.82. The molecule has 0 spiro atoms. The standard InChI is InChI=1S/C11H15NO2S/c1-11(4-2-3-6-14-11)9(13)8-10-12-5-7-15-10/h5,7H,2-4,6,8H2,1H3. The van der Waals surface area contributed by atoms with E-state index in [0.29, 0.717) is 13.0 Å². The van der Waals surface area contributed by atoms with Crippen molar-refractivity contribution < 1.29 is 9.53 Å². The predicted molar refractivity (Wildman–Crippen MR) is 59.0 cm³/mol. The van der Waals surface area contributed by atoms with Crippen LogP contribution in [0.15, 0.2) is 11.6 Å². The molecule has 0 amide bonds. The second kappa shape index (κ2) is 4.41. The number of Topliss-reactive ketones (excluding diaryl/α,β-unsaturated/α-hetero) is 1. The third-order valence-electron chi connectivity index (χ3n) is 2.85. The fourth-order valence-corrected chi connectivity index (χ4v) is 2.43. The zero-order valence-corrected chi connectivity index (χ0v) is 9.68. The minimum atomic E-state index is -0.566. The number of nitrogens with zero attached hydrogens (tertiary/aromatic N) is 1. The largest absolute Gasteiger partial charge is 0.367 e. The maximum Gasteiger partial charge on any atom is 0.171 e. The van der Waals surface area contributed by atoms with Gasteiger partial charge in [0.05, 0.1) is 11.4 Å². The summed E-state index contributed by atoms with van der Waals surface area (Å²) in [6.07, 6.45) is 5.14. The number of hydrogen-bond donors (Lipinski definition) is 0. The van der Waals surface area contributed by atoms with Crippen LogP contribution in [-0.4, -0.2) is 23.0 Å². The smallest absolute Gasteiger partial charge is 0.171 e. The molecule has 0 aromatic carbocycles. The predicted octanol–water partition coefficient (Wildman–Crippen LogP) is 2.21. The summed E-state index contributed by atoms with van der Waals surface area (Å²) in [4.78, 5) is 16.2. The molecule has 1 aromatic rings. The Labute approximate surface area is 93.5 Å². The highest BCUT2D eigenvalue weighted by Gasteiger charge is 2.35. The first-order valence-electron chi connectivity index (χ1n) is 5.26. The van der Waals surface area contributed by atoms with E-state index in [9.17, 15) is 4.79 Å². The maximum absolute atomic E-state index is 12.0. The summed E-state index contributed by atoms with van der Waals surface area (Å²) in [7, 11) is 0. The van der Waals surface area contributed by atoms with Gasteiger partial charge in [-0.05, 0) is 26.2 Å². The molecule has 0 radical (unpaired) electrons. The molecular weight excluding hydrogens is 210 g/mol. The molecule has 15 heavy (non-hydrogen) atoms. The van der Waals surface area contributed by atoms with E-state index in [1.807, 2.05) is 12.3 Å². The number of ether oxygens (including phenoxy) is 1. The summed E-state index contributed by atoms with van der Waals surface area (Å²) < 4.78 is 5.60. The van der Waals surface area contributed by atoms with Crippen LogP contribution < -0.4 is 0 Å². The molecule has 0 N–H and O–H groups in total. The highest BCUT2D eigenvalue weighted by Crippen LogP contribution is 2.26. The summed E-state index contributed by atoms with van der Waals surface area (Å²) in [5.41, 5.74) is -0.566. The third kappa shape index (κ3) is 2.44. The van der Waals surface area contributed by atoms with Crippen molar-refractivity contribution in [2.24, 2.45) is 0 Å². The van der Waals surface area contributed by atoms with E-state index < -0.39 is 5.60 Å². The van der Waals surface area contributed by atoms with Gasteiger partial charge in [0, 0.05) is 18.2 Å². The molecule has 1 atom stereocenters. The van der Waals surface area contributed by atoms with Crippen LogP contribution in [0.4, 0.5) is 0 Å². The summed E-state index contributed by atoms with van der Waals surface area (Å²) in [5.74, 6) is 0.164. The highest BCUT2D eigenvalue weighted by atomic mass is 32.1. The lowest BCUT2D eigenvalue weighted by Crippen LogP contribution is -2.42. The molecule has 1 saturated heterocycles. The number of rotatable bonds is 3. The van der Waals surface area contributed by atoms with Crippen molar-refractivity contribution >= 4 is 17.1 Å². The van der Waals surface area contributed by atoms with Gasteiger partial charge in [-0.1, -0.05) is 0 Å². The number of carbonyl (C=O) groups is 1. The second-order valence-electron chi connectivity index (χ2n) is 4.06. The van der Waals surface area contributed by atoms with Gasteiger partial charge < -0.3 is 4.74 Å². The van der Waals surface area contributed by atoms with Gasteiger partial charge in [0.1, 0.15) is 5.60 Å². The van der Waals surface area contributed by atoms with Gasteiger partial charge >= 0.3 is 0 Å². The highest BCUT2D eigenvalue weighted by molar-refractivity contribution is 7.09. The van der Waals surface area contributed by atoms with Gasteiger partial charge in [-0.3, -0.25) is 4.79 Å². The zero-order chi connectivity index (χ0) is 10.7. The van der Waals surface area contributed by atoms with E-state index in [1.54, 1.807) is 6.20 Å². The number of thiazole rings is 1. The Kier molecular flexibility index (Phi) is 3.17. The molecule has 0 saturated carbocycles. The number of ketones is 1. The average Bonchev–Trinajstić information content (AvgIpc) is 2.71. The minimum Gasteiger partial charge on any atom is -0.367 e. The Hall–Kier alpha value is -0.740. The number of carbonyl (C=O) groups excluding carboxylic acids is 1. The first-order chi connectivity index (χ1) is 7.21. The molecule has 1 fully saturated rings. The topological polar surface area (TPSA) is 39.2 Å². The van der Waals surface area contributed by atoms with Gasteiger partial charge in [0.15, 0.2) is 5.78 Å². The molecule has 3 nitrogen and oxygen atoms in total. The van der Waals surface area contributed by atoms with E-state index in [1.165, 1.54) is 11.3 Å². The van der Waals surface area contributed by atoms with Crippen LogP contribution in [0.3, 0.4) is 0 Å². The quantitative estimate of drug-likeness (QED) is 0.791. The molecular formula is C11H15NO2S. The summed E-state index contributed by atoms with van der Waals surface area (Å²) >= 11 is 1.53. The molecule has 1 aliphatic rings. The first kappa shape index (κ1) is 10.8. The Balaban J connectivity index is 2.00. The molecule has 1 aromatic heterocycles. The monoisotopic (exact) mass is 225 g/mol. The van der Waals surface area contributed by atoms with Crippen LogP contribution in [0.25, 0.3) is 0 Å². The van der Waals surface area contributed by atoms with Crippen LogP contribution in [0.5, 0.6) is 0 Å². The van der Waals surface area contributed by atoms with Crippen molar-refractivity contribution in [3.05, 3.63) is 16.6 Å². The fraction of sp³-hybridized carbons (Fsp3) is 0.636. The summed E-state index contributed by atoms with van der Waals surface area (Å²) in [6.45, 7) is 2.61. The Bertz CT molecular complexity index is 328. The third-order valence-corrected chi connectivity index (χ3v) is 3.63. The van der Waals surface area contributed by atoms with Crippen LogP contribution in [0, 0.1) is 0 Å². The van der Waals surface area contributed by atoms with Crippen molar-refractivity contribution in [2.45, 2.75) is 38.2 Å². The van der Waals surface area contributed by atoms with Crippen molar-refractivity contribution in [1.82, 2.24) is 4.98 Å². The summed E-state index contributed by atoms with van der Waals surface area (Å²) in [5, 5.41) is 2.78. The maximum atomic E-state index is 12.0. The molecule has 0 bridgehead atoms. The Morgan fingerprint density at radius 2 is 2.53 bits per heavy atom. The minimum absolute atomic E-state index is 0.164. The van der Waals surface area contributed by atoms with Crippen LogP contribution in [-0.2, 0) is 16.0 Å². The van der Waals surface area contributed by atoms with Gasteiger partial charge in [-0.2, -0.15) is 0 Å². The van der Waals surface area contributed by atoms with Crippen molar-refractivity contribution in [3.8, 4) is 0 Å². The zero-order valence-electron chi connectivity index (χ0n) is 8.86. The van der Waals surface area contributed by atoms with Crippen molar-refractivity contribution in [2.75, 3.05) is 6.61 Å². The van der Waals surface area contributed by atoms with Crippen LogP contribution in [0.1, 0.15) is 31.2 Å². The normalized spacial score (nSPS) is 26.5. The lowest BCUT2D eigenvalue weighted by molar-refractivity contribution is -0.147. The number of aromatic nitrogens is 1. The van der Waals surface area contributed by atoms with E-state index in [-0.39, 0.29) is 5.78 Å². The van der Waals surface area contributed by atoms with Crippen LogP contribution >= 0.6 is 11.3 Å². The van der Waals surface area contributed by atoms with Gasteiger partial charge in [-0.15, -0.1) is 11.3 Å². The Morgan fingerprint density at radius 1 is 1.67 bits per heavy atom. The number of hydrogen-bond acceptors (Lipinski definition) is 4. The van der Waals surface area contributed by atoms with E-state index in [4.69, 9.17) is 4.74 Å². The molecule has 0 aliphatic carbocycles. The molecule has 2 heterocycles. The Morgan fingerprint density at radius 3 is 3.13 bits per heavy atom. The molecule has 82 valence electrons. The van der Waals surface area contributed by atoms with E-state index in [2.05, 4.69) is 4.98 Å². The lowest BCUT2D eigenvalue weighted by atomic mass is 9.90. The first-order valence-corrected chi connectivity index (χ1v) is 6.14. The van der Waals surface area contributed by atoms with Gasteiger partial charge in [0.25, 0.3) is 0 Å². The van der Waals surface area contributed by atoms with E-state index >= 15 is 0 Å². The van der Waals surface area contributed by atoms with Crippen molar-refractivity contribution in [3.63, 3.8) is 0 Å². The van der Waals surface area contributed by atoms with E-state index in [0.717, 1.165) is 24.3 Å². The molecule has 2 rings (SSSR count). The summed E-state index contributed by atoms with van der Waals surface area (Å²) in [6, 6.07) is 0. The van der Waals surface area contributed by atoms with Crippen LogP contribution in [0.2, 0.25) is 0 Å². The SMILES string of the molecule is CC1(C(=O)Cc2nccs2)CCCCO1. The molecule has 1 aliphatic heterocycles. The lowest BCUT2D eigenvalue weighted by Gasteiger charge is -2.32. The second-order valence-corrected chi connectivity index (χ2v) is 5.04. The molecule has 1 unspecified atom stereocenters. The van der Waals surface area contributed by atoms with Crippen molar-refractivity contribution in [1.29, 1.82) is 0 Å². The average molecular weight is 225 g/mol. The van der Waals surface area contributed by atoms with Gasteiger partial charge in [0.2, 0.25) is 0 Å². The molecule has 4 heteroatoms. The van der Waals surface area contributed by atoms with Gasteiger partial charge in [-0.25, -0.2) is 4.98 Å².